The molecule has 212 valence electrons. The molecule has 0 unspecified atom stereocenters. The van der Waals surface area contributed by atoms with Crippen LogP contribution in [-0.2, 0) is 26.7 Å². The van der Waals surface area contributed by atoms with E-state index < -0.39 is 52.7 Å². The molecule has 4 rings (SSSR count). The summed E-state index contributed by atoms with van der Waals surface area (Å²) in [5.74, 6) is -0.717. The molecule has 0 spiro atoms. The zero-order valence-corrected chi connectivity index (χ0v) is 20.3. The van der Waals surface area contributed by atoms with Gasteiger partial charge in [-0.25, -0.2) is 10.1 Å². The lowest BCUT2D eigenvalue weighted by Crippen LogP contribution is -2.61. The number of aromatic nitrogens is 3. The highest BCUT2D eigenvalue weighted by Crippen LogP contribution is 2.37. The summed E-state index contributed by atoms with van der Waals surface area (Å²) in [6.45, 7) is 1.72. The molecule has 1 saturated heterocycles. The Labute approximate surface area is 216 Å². The van der Waals surface area contributed by atoms with Crippen molar-refractivity contribution < 1.29 is 40.7 Å². The van der Waals surface area contributed by atoms with E-state index in [9.17, 15) is 40.7 Å². The quantitative estimate of drug-likeness (QED) is 0.345. The van der Waals surface area contributed by atoms with Gasteiger partial charge in [0.2, 0.25) is 11.8 Å². The minimum Gasteiger partial charge on any atom is -0.379 e. The van der Waals surface area contributed by atoms with E-state index in [4.69, 9.17) is 4.74 Å². The lowest BCUT2D eigenvalue weighted by molar-refractivity contribution is -0.138. The first-order chi connectivity index (χ1) is 18.3. The minimum atomic E-state index is -4.89. The van der Waals surface area contributed by atoms with Gasteiger partial charge in [-0.05, 0) is 13.0 Å². The van der Waals surface area contributed by atoms with Crippen molar-refractivity contribution in [3.8, 4) is 0 Å². The van der Waals surface area contributed by atoms with Crippen LogP contribution in [0.15, 0.2) is 23.3 Å². The van der Waals surface area contributed by atoms with Gasteiger partial charge in [-0.2, -0.15) is 31.4 Å². The number of pyridine rings is 1. The third kappa shape index (κ3) is 6.23. The van der Waals surface area contributed by atoms with Crippen LogP contribution in [-0.4, -0.2) is 76.8 Å². The highest BCUT2D eigenvalue weighted by molar-refractivity contribution is 6.03. The number of hydrogen-bond donors (Lipinski definition) is 3. The van der Waals surface area contributed by atoms with Crippen molar-refractivity contribution in [2.45, 2.75) is 37.8 Å². The summed E-state index contributed by atoms with van der Waals surface area (Å²) in [5.41, 5.74) is -4.35. The second-order valence-corrected chi connectivity index (χ2v) is 8.99. The number of halogens is 6. The van der Waals surface area contributed by atoms with Crippen LogP contribution >= 0.6 is 0 Å². The molecule has 2 aromatic rings. The van der Waals surface area contributed by atoms with Crippen molar-refractivity contribution >= 4 is 29.0 Å². The molecule has 11 nitrogen and oxygen atoms in total. The first kappa shape index (κ1) is 28.1. The smallest absolute Gasteiger partial charge is 0.379 e. The number of H-pyrrole nitrogens is 1. The van der Waals surface area contributed by atoms with Crippen LogP contribution in [0, 0.1) is 0 Å². The molecule has 17 heteroatoms. The van der Waals surface area contributed by atoms with Gasteiger partial charge in [0.15, 0.2) is 5.82 Å². The molecule has 39 heavy (non-hydrogen) atoms. The molecule has 2 aliphatic heterocycles. The maximum atomic E-state index is 13.2. The number of ether oxygens (including phenoxy) is 1. The molecule has 3 N–H and O–H groups in total. The van der Waals surface area contributed by atoms with Crippen molar-refractivity contribution in [3.05, 3.63) is 39.9 Å². The summed E-state index contributed by atoms with van der Waals surface area (Å²) < 4.78 is 83.9. The zero-order valence-electron chi connectivity index (χ0n) is 20.3. The SMILES string of the molecule is C[C@@H](COCCC(=O)N1CCN2c3ncc(C(F)(F)F)cc3NC(=O)[C@@H]2C1)Nc1cn[nH]c(=O)c1C(F)(F)F. The predicted molar refractivity (Wildman–Crippen MR) is 124 cm³/mol. The Bertz CT molecular complexity index is 1300. The average Bonchev–Trinajstić information content (AvgIpc) is 2.84. The first-order valence-electron chi connectivity index (χ1n) is 11.7. The first-order valence-corrected chi connectivity index (χ1v) is 11.7. The number of hydrogen-bond acceptors (Lipinski definition) is 8. The lowest BCUT2D eigenvalue weighted by atomic mass is 10.1. The van der Waals surface area contributed by atoms with Crippen LogP contribution in [0.4, 0.5) is 43.5 Å². The number of alkyl halides is 6. The number of fused-ring (bicyclic) bond motifs is 3. The van der Waals surface area contributed by atoms with Crippen LogP contribution in [0.25, 0.3) is 0 Å². The van der Waals surface area contributed by atoms with Crippen LogP contribution in [0.2, 0.25) is 0 Å². The van der Waals surface area contributed by atoms with E-state index >= 15 is 0 Å². The van der Waals surface area contributed by atoms with Gasteiger partial charge < -0.3 is 25.2 Å². The largest absolute Gasteiger partial charge is 0.423 e. The molecule has 0 bridgehead atoms. The molecule has 2 atom stereocenters. The molecule has 0 aliphatic carbocycles. The van der Waals surface area contributed by atoms with Crippen LogP contribution in [0.1, 0.15) is 24.5 Å². The van der Waals surface area contributed by atoms with Crippen molar-refractivity contribution in [2.75, 3.05) is 48.4 Å². The second kappa shape index (κ2) is 10.7. The number of nitrogens with one attached hydrogen (secondary N) is 3. The Hall–Kier alpha value is -3.89. The number of aromatic amines is 1. The third-order valence-corrected chi connectivity index (χ3v) is 6.13. The number of amides is 2. The van der Waals surface area contributed by atoms with Gasteiger partial charge in [-0.15, -0.1) is 0 Å². The van der Waals surface area contributed by atoms with Crippen LogP contribution in [0.5, 0.6) is 0 Å². The number of carbonyl (C=O) groups excluding carboxylic acids is 2. The van der Waals surface area contributed by atoms with E-state index in [0.29, 0.717) is 6.20 Å². The fraction of sp³-hybridized carbons (Fsp3) is 0.500. The summed E-state index contributed by atoms with van der Waals surface area (Å²) in [4.78, 5) is 43.7. The molecule has 2 amide bonds. The molecule has 4 heterocycles. The van der Waals surface area contributed by atoms with E-state index in [-0.39, 0.29) is 56.7 Å². The zero-order chi connectivity index (χ0) is 28.5. The maximum Gasteiger partial charge on any atom is 0.423 e. The second-order valence-electron chi connectivity index (χ2n) is 8.99. The molecule has 2 aliphatic rings. The fourth-order valence-corrected chi connectivity index (χ4v) is 4.31. The van der Waals surface area contributed by atoms with Gasteiger partial charge in [0.25, 0.3) is 5.56 Å². The van der Waals surface area contributed by atoms with E-state index in [1.54, 1.807) is 10.00 Å². The molecule has 1 fully saturated rings. The number of carbonyl (C=O) groups is 2. The fourth-order valence-electron chi connectivity index (χ4n) is 4.31. The number of piperazine rings is 1. The molecule has 2 aromatic heterocycles. The average molecular weight is 563 g/mol. The molecule has 0 radical (unpaired) electrons. The van der Waals surface area contributed by atoms with Gasteiger partial charge >= 0.3 is 12.4 Å². The Morgan fingerprint density at radius 2 is 1.92 bits per heavy atom. The van der Waals surface area contributed by atoms with E-state index in [1.807, 2.05) is 0 Å². The third-order valence-electron chi connectivity index (χ3n) is 6.13. The monoisotopic (exact) mass is 563 g/mol. The van der Waals surface area contributed by atoms with Crippen LogP contribution < -0.4 is 21.1 Å². The molecule has 0 aromatic carbocycles. The summed E-state index contributed by atoms with van der Waals surface area (Å²) in [6, 6.07) is -0.683. The molecular weight excluding hydrogens is 540 g/mol. The van der Waals surface area contributed by atoms with Crippen molar-refractivity contribution in [2.24, 2.45) is 0 Å². The van der Waals surface area contributed by atoms with Crippen LogP contribution in [0.3, 0.4) is 0 Å². The molecule has 0 saturated carbocycles. The topological polar surface area (TPSA) is 133 Å². The number of rotatable bonds is 7. The highest BCUT2D eigenvalue weighted by Gasteiger charge is 2.41. The van der Waals surface area contributed by atoms with Gasteiger partial charge in [-0.1, -0.05) is 0 Å². The standard InChI is InChI=1S/C22H23F6N7O4/c1-11(31-14-8-30-33-20(38)17(14)22(26,27)28)10-39-5-2-16(36)34-3-4-35-15(9-34)19(37)32-13-6-12(21(23,24)25)7-29-18(13)35/h6-8,11,15H,2-5,9-10H2,1H3,(H,32,37)(H2,31,33,38)/t11-,15-/m0/s1. The summed E-state index contributed by atoms with van der Waals surface area (Å²) in [6.07, 6.45) is -8.06. The molecular formula is C22H23F6N7O4. The van der Waals surface area contributed by atoms with E-state index in [0.717, 1.165) is 12.3 Å². The number of anilines is 3. The number of nitrogens with zero attached hydrogens (tertiary/aromatic N) is 4. The van der Waals surface area contributed by atoms with Gasteiger partial charge in [0, 0.05) is 25.3 Å². The minimum absolute atomic E-state index is 0.0134. The maximum absolute atomic E-state index is 13.2. The predicted octanol–water partition coefficient (Wildman–Crippen LogP) is 2.08. The van der Waals surface area contributed by atoms with Crippen molar-refractivity contribution in [1.29, 1.82) is 0 Å². The van der Waals surface area contributed by atoms with Gasteiger partial charge in [0.05, 0.1) is 49.3 Å². The Balaban J connectivity index is 1.27. The lowest BCUT2D eigenvalue weighted by Gasteiger charge is -2.44. The van der Waals surface area contributed by atoms with Gasteiger partial charge in [-0.3, -0.25) is 14.4 Å². The van der Waals surface area contributed by atoms with E-state index in [2.05, 4.69) is 20.7 Å². The summed E-state index contributed by atoms with van der Waals surface area (Å²) in [5, 5.41) is 10.1. The summed E-state index contributed by atoms with van der Waals surface area (Å²) >= 11 is 0. The summed E-state index contributed by atoms with van der Waals surface area (Å²) in [7, 11) is 0. The Morgan fingerprint density at radius 1 is 1.18 bits per heavy atom. The highest BCUT2D eigenvalue weighted by atomic mass is 19.4. The Kier molecular flexibility index (Phi) is 7.72. The van der Waals surface area contributed by atoms with E-state index in [1.165, 1.54) is 11.8 Å². The van der Waals surface area contributed by atoms with Crippen molar-refractivity contribution in [1.82, 2.24) is 20.1 Å². The van der Waals surface area contributed by atoms with Gasteiger partial charge in [0.1, 0.15) is 11.6 Å². The van der Waals surface area contributed by atoms with Crippen molar-refractivity contribution in [3.63, 3.8) is 0 Å². The Morgan fingerprint density at radius 3 is 2.62 bits per heavy atom. The normalized spacial score (nSPS) is 18.2.